The molecule has 3 heteroatoms. The highest BCUT2D eigenvalue weighted by Crippen LogP contribution is 2.32. The second kappa shape index (κ2) is 3.42. The van der Waals surface area contributed by atoms with Gasteiger partial charge in [0.25, 0.3) is 0 Å². The molecule has 0 saturated carbocycles. The minimum atomic E-state index is -0.582. The average molecular weight is 206 g/mol. The van der Waals surface area contributed by atoms with Gasteiger partial charge in [-0.15, -0.1) is 0 Å². The zero-order valence-electron chi connectivity index (χ0n) is 9.70. The summed E-state index contributed by atoms with van der Waals surface area (Å²) in [5.74, 6) is 0.473. The smallest absolute Gasteiger partial charge is 0.166 e. The van der Waals surface area contributed by atoms with Gasteiger partial charge in [0.1, 0.15) is 0 Å². The fraction of sp³-hybridized carbons (Fsp3) is 0.500. The van der Waals surface area contributed by atoms with Crippen molar-refractivity contribution in [2.24, 2.45) is 7.05 Å². The Hall–Kier alpha value is -1.22. The van der Waals surface area contributed by atoms with Crippen LogP contribution in [0, 0.1) is 6.92 Å². The molecule has 82 valence electrons. The van der Waals surface area contributed by atoms with Crippen molar-refractivity contribution in [1.29, 1.82) is 0 Å². The third-order valence-electron chi connectivity index (χ3n) is 3.10. The van der Waals surface area contributed by atoms with Crippen molar-refractivity contribution in [3.8, 4) is 0 Å². The first-order valence-corrected chi connectivity index (χ1v) is 5.33. The monoisotopic (exact) mass is 206 g/mol. The number of nitrogens with zero attached hydrogens (tertiary/aromatic N) is 1. The van der Waals surface area contributed by atoms with Gasteiger partial charge in [0, 0.05) is 18.3 Å². The number of aliphatic hydroxyl groups excluding tert-OH is 1. The Morgan fingerprint density at radius 1 is 1.47 bits per heavy atom. The first-order valence-electron chi connectivity index (χ1n) is 5.33. The molecule has 0 spiro atoms. The highest BCUT2D eigenvalue weighted by atomic mass is 16.3. The SMILES string of the molecule is Cc1c2c(n(C)c1C(C)C)C(O)NC=C2. The molecule has 0 radical (unpaired) electrons. The predicted molar refractivity (Wildman–Crippen MR) is 61.4 cm³/mol. The lowest BCUT2D eigenvalue weighted by Gasteiger charge is -2.18. The summed E-state index contributed by atoms with van der Waals surface area (Å²) in [5, 5.41) is 12.8. The average Bonchev–Trinajstić information content (AvgIpc) is 2.40. The van der Waals surface area contributed by atoms with E-state index in [4.69, 9.17) is 0 Å². The third-order valence-corrected chi connectivity index (χ3v) is 3.10. The number of rotatable bonds is 1. The fourth-order valence-corrected chi connectivity index (χ4v) is 2.56. The van der Waals surface area contributed by atoms with Crippen molar-refractivity contribution in [2.45, 2.75) is 32.9 Å². The molecule has 1 aromatic heterocycles. The summed E-state index contributed by atoms with van der Waals surface area (Å²) in [6, 6.07) is 0. The van der Waals surface area contributed by atoms with Crippen molar-refractivity contribution in [3.63, 3.8) is 0 Å². The molecule has 2 heterocycles. The van der Waals surface area contributed by atoms with Crippen LogP contribution in [0.2, 0.25) is 0 Å². The van der Waals surface area contributed by atoms with E-state index in [1.165, 1.54) is 11.3 Å². The van der Waals surface area contributed by atoms with Crippen molar-refractivity contribution in [1.82, 2.24) is 9.88 Å². The van der Waals surface area contributed by atoms with Gasteiger partial charge in [-0.05, 0) is 30.7 Å². The van der Waals surface area contributed by atoms with E-state index >= 15 is 0 Å². The van der Waals surface area contributed by atoms with Crippen molar-refractivity contribution >= 4 is 6.08 Å². The number of hydrogen-bond acceptors (Lipinski definition) is 2. The molecule has 2 N–H and O–H groups in total. The molecule has 1 aliphatic heterocycles. The Morgan fingerprint density at radius 2 is 2.13 bits per heavy atom. The summed E-state index contributed by atoms with van der Waals surface area (Å²) in [6.45, 7) is 6.48. The van der Waals surface area contributed by atoms with Crippen molar-refractivity contribution in [2.75, 3.05) is 0 Å². The Balaban J connectivity index is 2.68. The molecule has 1 aromatic rings. The summed E-state index contributed by atoms with van der Waals surface area (Å²) >= 11 is 0. The molecule has 0 fully saturated rings. The topological polar surface area (TPSA) is 37.2 Å². The summed E-state index contributed by atoms with van der Waals surface area (Å²) in [7, 11) is 2.02. The maximum absolute atomic E-state index is 9.88. The third kappa shape index (κ3) is 1.38. The fourth-order valence-electron chi connectivity index (χ4n) is 2.56. The van der Waals surface area contributed by atoms with Crippen molar-refractivity contribution < 1.29 is 5.11 Å². The minimum absolute atomic E-state index is 0.473. The zero-order valence-corrected chi connectivity index (χ0v) is 9.70. The molecule has 1 atom stereocenters. The zero-order chi connectivity index (χ0) is 11.2. The molecular formula is C12H18N2O. The summed E-state index contributed by atoms with van der Waals surface area (Å²) < 4.78 is 2.11. The van der Waals surface area contributed by atoms with Gasteiger partial charge in [0.05, 0.1) is 5.69 Å². The van der Waals surface area contributed by atoms with Gasteiger partial charge in [-0.2, -0.15) is 0 Å². The van der Waals surface area contributed by atoms with E-state index in [1.807, 2.05) is 19.3 Å². The van der Waals surface area contributed by atoms with Crippen molar-refractivity contribution in [3.05, 3.63) is 28.7 Å². The van der Waals surface area contributed by atoms with Crippen LogP contribution < -0.4 is 5.32 Å². The van der Waals surface area contributed by atoms with Gasteiger partial charge in [0.2, 0.25) is 0 Å². The molecule has 0 saturated heterocycles. The molecule has 1 unspecified atom stereocenters. The Kier molecular flexibility index (Phi) is 2.35. The van der Waals surface area contributed by atoms with Gasteiger partial charge < -0.3 is 15.0 Å². The second-order valence-corrected chi connectivity index (χ2v) is 4.43. The molecule has 0 aromatic carbocycles. The van der Waals surface area contributed by atoms with Crippen LogP contribution in [0.3, 0.4) is 0 Å². The van der Waals surface area contributed by atoms with Gasteiger partial charge in [0.15, 0.2) is 6.23 Å². The molecule has 0 aliphatic carbocycles. The van der Waals surface area contributed by atoms with Crippen LogP contribution >= 0.6 is 0 Å². The molecule has 3 nitrogen and oxygen atoms in total. The van der Waals surface area contributed by atoms with Crippen LogP contribution in [0.4, 0.5) is 0 Å². The van der Waals surface area contributed by atoms with Gasteiger partial charge >= 0.3 is 0 Å². The number of fused-ring (bicyclic) bond motifs is 1. The highest BCUT2D eigenvalue weighted by molar-refractivity contribution is 5.61. The van der Waals surface area contributed by atoms with E-state index in [-0.39, 0.29) is 0 Å². The molecular weight excluding hydrogens is 188 g/mol. The van der Waals surface area contributed by atoms with Crippen LogP contribution in [0.5, 0.6) is 0 Å². The van der Waals surface area contributed by atoms with Gasteiger partial charge in [-0.1, -0.05) is 13.8 Å². The second-order valence-electron chi connectivity index (χ2n) is 4.43. The molecule has 1 aliphatic rings. The molecule has 2 rings (SSSR count). The summed E-state index contributed by atoms with van der Waals surface area (Å²) in [6.07, 6.45) is 3.26. The van der Waals surface area contributed by atoms with Gasteiger partial charge in [-0.25, -0.2) is 0 Å². The van der Waals surface area contributed by atoms with E-state index in [9.17, 15) is 5.11 Å². The normalized spacial score (nSPS) is 19.2. The quantitative estimate of drug-likeness (QED) is 0.737. The first kappa shape index (κ1) is 10.3. The summed E-state index contributed by atoms with van der Waals surface area (Å²) in [5.41, 5.74) is 4.71. The van der Waals surface area contributed by atoms with E-state index in [1.54, 1.807) is 0 Å². The predicted octanol–water partition coefficient (Wildman–Crippen LogP) is 2.02. The number of aliphatic hydroxyl groups is 1. The number of aromatic nitrogens is 1. The summed E-state index contributed by atoms with van der Waals surface area (Å²) in [4.78, 5) is 0. The molecule has 0 amide bonds. The maximum atomic E-state index is 9.88. The minimum Gasteiger partial charge on any atom is -0.368 e. The standard InChI is InChI=1S/C12H18N2O/c1-7(2)10-8(3)9-5-6-13-12(15)11(9)14(10)4/h5-7,12-13,15H,1-4H3. The highest BCUT2D eigenvalue weighted by Gasteiger charge is 2.24. The number of hydrogen-bond donors (Lipinski definition) is 2. The Bertz CT molecular complexity index is 416. The van der Waals surface area contributed by atoms with Crippen LogP contribution in [0.25, 0.3) is 6.08 Å². The lowest BCUT2D eigenvalue weighted by atomic mass is 10.0. The van der Waals surface area contributed by atoms with Crippen LogP contribution in [0.15, 0.2) is 6.20 Å². The van der Waals surface area contributed by atoms with E-state index in [0.29, 0.717) is 5.92 Å². The number of nitrogens with one attached hydrogen (secondary N) is 1. The van der Waals surface area contributed by atoms with Crippen LogP contribution in [-0.2, 0) is 7.05 Å². The molecule has 15 heavy (non-hydrogen) atoms. The first-order chi connectivity index (χ1) is 7.04. The molecule has 0 bridgehead atoms. The van der Waals surface area contributed by atoms with E-state index in [0.717, 1.165) is 11.3 Å². The lowest BCUT2D eigenvalue weighted by Crippen LogP contribution is -2.21. The van der Waals surface area contributed by atoms with Crippen LogP contribution in [0.1, 0.15) is 48.5 Å². The van der Waals surface area contributed by atoms with E-state index < -0.39 is 6.23 Å². The lowest BCUT2D eigenvalue weighted by molar-refractivity contribution is 0.146. The Morgan fingerprint density at radius 3 is 2.67 bits per heavy atom. The Labute approximate surface area is 90.4 Å². The van der Waals surface area contributed by atoms with E-state index in [2.05, 4.69) is 30.7 Å². The maximum Gasteiger partial charge on any atom is 0.166 e. The largest absolute Gasteiger partial charge is 0.368 e. The van der Waals surface area contributed by atoms with Crippen LogP contribution in [-0.4, -0.2) is 9.67 Å². The van der Waals surface area contributed by atoms with Gasteiger partial charge in [-0.3, -0.25) is 0 Å².